The van der Waals surface area contributed by atoms with Crippen molar-refractivity contribution in [2.75, 3.05) is 12.4 Å². The molecule has 10 nitrogen and oxygen atoms in total. The van der Waals surface area contributed by atoms with Gasteiger partial charge >= 0.3 is 17.9 Å². The molecule has 176 valence electrons. The fourth-order valence-electron chi connectivity index (χ4n) is 5.27. The summed E-state index contributed by atoms with van der Waals surface area (Å²) in [6, 6.07) is 0. The molecule has 33 heavy (non-hydrogen) atoms. The van der Waals surface area contributed by atoms with Gasteiger partial charge in [-0.25, -0.2) is 9.59 Å². The minimum atomic E-state index is -4.19. The maximum atomic E-state index is 13.3. The second kappa shape index (κ2) is 7.56. The number of benzene rings is 1. The summed E-state index contributed by atoms with van der Waals surface area (Å²) >= 11 is 0. The molecule has 1 N–H and O–H groups in total. The number of carbonyl (C=O) groups is 3. The molecule has 3 heterocycles. The zero-order valence-corrected chi connectivity index (χ0v) is 18.7. The van der Waals surface area contributed by atoms with Crippen LogP contribution >= 0.6 is 0 Å². The quantitative estimate of drug-likeness (QED) is 0.207. The van der Waals surface area contributed by atoms with Gasteiger partial charge in [-0.2, -0.15) is 8.42 Å². The van der Waals surface area contributed by atoms with Crippen molar-refractivity contribution in [2.45, 2.75) is 45.4 Å². The number of allylic oxidation sites excluding steroid dienone is 2. The molecule has 11 heteroatoms. The van der Waals surface area contributed by atoms with Crippen LogP contribution in [0.4, 0.5) is 0 Å². The third kappa shape index (κ3) is 3.68. The first-order chi connectivity index (χ1) is 15.6. The molecule has 0 spiro atoms. The lowest BCUT2D eigenvalue weighted by atomic mass is 9.64. The topological polar surface area (TPSA) is 146 Å². The standard InChI is InChI=1S/C22H22O10S/c1-11-8-12-4-2-5-22(9-11,10-12)21(25)32-18-15-13(14-16(30-15)17(18)31-20(14)24)19(23)29-6-3-7-33(26,27)28/h8,11H,2-7,9-10H2,1H3,(H,26,27,28). The number of hydrogen-bond donors (Lipinski definition) is 1. The van der Waals surface area contributed by atoms with Crippen molar-refractivity contribution in [1.29, 1.82) is 0 Å². The van der Waals surface area contributed by atoms with Crippen LogP contribution in [0.5, 0.6) is 11.5 Å². The number of fused-ring (bicyclic) bond motifs is 3. The number of rotatable bonds is 7. The molecule has 2 aliphatic carbocycles. The third-order valence-electron chi connectivity index (χ3n) is 6.49. The molecule has 5 rings (SSSR count). The van der Waals surface area contributed by atoms with Crippen LogP contribution in [0.2, 0.25) is 0 Å². The van der Waals surface area contributed by atoms with Gasteiger partial charge in [-0.15, -0.1) is 0 Å². The van der Waals surface area contributed by atoms with Crippen molar-refractivity contribution in [3.63, 3.8) is 0 Å². The summed E-state index contributed by atoms with van der Waals surface area (Å²) < 4.78 is 52.0. The molecule has 2 aromatic rings. The number of carbonyl (C=O) groups excluding carboxylic acids is 3. The second-order valence-corrected chi connectivity index (χ2v) is 10.6. The lowest BCUT2D eigenvalue weighted by molar-refractivity contribution is -0.148. The van der Waals surface area contributed by atoms with Gasteiger partial charge in [0.05, 0.1) is 17.8 Å². The van der Waals surface area contributed by atoms with E-state index in [0.717, 1.165) is 12.8 Å². The lowest BCUT2D eigenvalue weighted by Crippen LogP contribution is -2.40. The average molecular weight is 478 g/mol. The van der Waals surface area contributed by atoms with Gasteiger partial charge in [-0.05, 0) is 44.4 Å². The molecule has 3 aliphatic rings. The van der Waals surface area contributed by atoms with Crippen LogP contribution in [0.1, 0.15) is 66.2 Å². The highest BCUT2D eigenvalue weighted by atomic mass is 32.2. The van der Waals surface area contributed by atoms with Crippen LogP contribution < -0.4 is 9.47 Å². The molecule has 1 saturated carbocycles. The summed E-state index contributed by atoms with van der Waals surface area (Å²) in [5.41, 5.74) is 0.150. The molecule has 2 aromatic heterocycles. The SMILES string of the molecule is CC1C=C2CCCC(C(=O)Oc3c4c5oc3c(C(=O)OCCCS(=O)(=O)O)c5C(=O)O4)(C2)C1. The van der Waals surface area contributed by atoms with E-state index < -0.39 is 39.2 Å². The zero-order valence-electron chi connectivity index (χ0n) is 17.8. The zero-order chi connectivity index (χ0) is 23.5. The Bertz CT molecular complexity index is 1300. The van der Waals surface area contributed by atoms with Crippen molar-refractivity contribution in [1.82, 2.24) is 0 Å². The Balaban J connectivity index is 1.40. The van der Waals surface area contributed by atoms with Gasteiger partial charge < -0.3 is 18.6 Å². The molecule has 1 fully saturated rings. The van der Waals surface area contributed by atoms with E-state index in [-0.39, 0.29) is 52.7 Å². The third-order valence-corrected chi connectivity index (χ3v) is 7.29. The van der Waals surface area contributed by atoms with Gasteiger partial charge in [-0.1, -0.05) is 18.6 Å². The van der Waals surface area contributed by atoms with Gasteiger partial charge in [0.15, 0.2) is 11.2 Å². The fraction of sp³-hybridized carbons (Fsp3) is 0.500. The van der Waals surface area contributed by atoms with Gasteiger partial charge in [0, 0.05) is 0 Å². The van der Waals surface area contributed by atoms with Crippen LogP contribution in [0.3, 0.4) is 0 Å². The number of ether oxygens (including phenoxy) is 3. The Labute approximate surface area is 188 Å². The summed E-state index contributed by atoms with van der Waals surface area (Å²) in [6.45, 7) is 1.75. The largest absolute Gasteiger partial charge is 0.462 e. The molecular formula is C22H22O10S. The highest BCUT2D eigenvalue weighted by molar-refractivity contribution is 7.85. The second-order valence-electron chi connectivity index (χ2n) is 9.04. The van der Waals surface area contributed by atoms with Crippen molar-refractivity contribution in [3.05, 3.63) is 22.8 Å². The van der Waals surface area contributed by atoms with Crippen LogP contribution in [-0.2, 0) is 19.6 Å². The maximum Gasteiger partial charge on any atom is 0.348 e. The van der Waals surface area contributed by atoms with Gasteiger partial charge in [0.25, 0.3) is 10.1 Å². The minimum absolute atomic E-state index is 0.0152. The van der Waals surface area contributed by atoms with E-state index in [9.17, 15) is 22.8 Å². The van der Waals surface area contributed by atoms with Crippen molar-refractivity contribution in [3.8, 4) is 11.5 Å². The van der Waals surface area contributed by atoms with Crippen molar-refractivity contribution >= 4 is 39.2 Å². The Morgan fingerprint density at radius 2 is 2.09 bits per heavy atom. The number of furan rings is 2. The molecule has 0 saturated heterocycles. The summed E-state index contributed by atoms with van der Waals surface area (Å²) in [5, 5.41) is 0. The van der Waals surface area contributed by atoms with Crippen molar-refractivity contribution < 1.29 is 46.0 Å². The molecule has 0 aromatic carbocycles. The van der Waals surface area contributed by atoms with Crippen LogP contribution in [0.15, 0.2) is 16.1 Å². The van der Waals surface area contributed by atoms with Gasteiger partial charge in [-0.3, -0.25) is 9.35 Å². The van der Waals surface area contributed by atoms with Crippen molar-refractivity contribution in [2.24, 2.45) is 11.3 Å². The molecule has 1 aliphatic heterocycles. The number of esters is 3. The van der Waals surface area contributed by atoms with E-state index in [1.54, 1.807) is 0 Å². The average Bonchev–Trinajstić information content (AvgIpc) is 3.33. The lowest BCUT2D eigenvalue weighted by Gasteiger charge is -2.41. The predicted octanol–water partition coefficient (Wildman–Crippen LogP) is 3.27. The van der Waals surface area contributed by atoms with E-state index in [0.29, 0.717) is 19.3 Å². The fourth-order valence-corrected chi connectivity index (χ4v) is 5.75. The minimum Gasteiger partial charge on any atom is -0.462 e. The first kappa shape index (κ1) is 21.9. The molecule has 0 radical (unpaired) electrons. The Hall–Kier alpha value is -2.92. The Morgan fingerprint density at radius 3 is 2.85 bits per heavy atom. The predicted molar refractivity (Wildman–Crippen MR) is 112 cm³/mol. The summed E-state index contributed by atoms with van der Waals surface area (Å²) in [6.07, 6.45) is 5.87. The van der Waals surface area contributed by atoms with Gasteiger partial charge in [0.2, 0.25) is 11.5 Å². The summed E-state index contributed by atoms with van der Waals surface area (Å²) in [4.78, 5) is 38.3. The molecule has 2 unspecified atom stereocenters. The highest BCUT2D eigenvalue weighted by Crippen LogP contribution is 2.54. The first-order valence-electron chi connectivity index (χ1n) is 10.8. The molecule has 4 bridgehead atoms. The monoisotopic (exact) mass is 478 g/mol. The van der Waals surface area contributed by atoms with E-state index in [1.165, 1.54) is 5.57 Å². The Morgan fingerprint density at radius 1 is 1.30 bits per heavy atom. The smallest absolute Gasteiger partial charge is 0.348 e. The van der Waals surface area contributed by atoms with Crippen LogP contribution in [-0.4, -0.2) is 43.2 Å². The van der Waals surface area contributed by atoms with Crippen LogP contribution in [0.25, 0.3) is 11.2 Å². The van der Waals surface area contributed by atoms with Gasteiger partial charge in [0.1, 0.15) is 11.1 Å². The summed E-state index contributed by atoms with van der Waals surface area (Å²) in [5.74, 6) is -2.69. The Kier molecular flexibility index (Phi) is 5.02. The van der Waals surface area contributed by atoms with E-state index in [1.807, 2.05) is 0 Å². The summed E-state index contributed by atoms with van der Waals surface area (Å²) in [7, 11) is -4.19. The molecule has 0 amide bonds. The van der Waals surface area contributed by atoms with E-state index in [2.05, 4.69) is 13.0 Å². The highest BCUT2D eigenvalue weighted by Gasteiger charge is 2.49. The normalized spacial score (nSPS) is 24.0. The first-order valence-corrected chi connectivity index (χ1v) is 12.4. The van der Waals surface area contributed by atoms with E-state index in [4.69, 9.17) is 23.2 Å². The maximum absolute atomic E-state index is 13.3. The number of hydrogen-bond acceptors (Lipinski definition) is 9. The molecule has 2 atom stereocenters. The molecular weight excluding hydrogens is 456 g/mol. The van der Waals surface area contributed by atoms with Crippen LogP contribution in [0, 0.1) is 11.3 Å². The van der Waals surface area contributed by atoms with E-state index >= 15 is 0 Å².